The largest absolute Gasteiger partial charge is 0.497 e. The second-order valence-electron chi connectivity index (χ2n) is 7.48. The van der Waals surface area contributed by atoms with E-state index in [9.17, 15) is 9.59 Å². The molecule has 1 unspecified atom stereocenters. The summed E-state index contributed by atoms with van der Waals surface area (Å²) >= 11 is 0. The Morgan fingerprint density at radius 1 is 0.935 bits per heavy atom. The Balaban J connectivity index is 1.55. The lowest BCUT2D eigenvalue weighted by molar-refractivity contribution is -0.143. The molecular formula is C24H30N2O5. The second-order valence-corrected chi connectivity index (χ2v) is 7.48. The molecule has 0 radical (unpaired) electrons. The van der Waals surface area contributed by atoms with E-state index in [1.54, 1.807) is 43.1 Å². The molecule has 31 heavy (non-hydrogen) atoms. The first-order valence-electron chi connectivity index (χ1n) is 10.5. The number of hydrogen-bond donors (Lipinski definition) is 0. The zero-order valence-corrected chi connectivity index (χ0v) is 18.4. The fourth-order valence-electron chi connectivity index (χ4n) is 3.64. The molecule has 7 heteroatoms. The summed E-state index contributed by atoms with van der Waals surface area (Å²) in [5.74, 6) is 1.18. The van der Waals surface area contributed by atoms with E-state index in [1.807, 2.05) is 36.4 Å². The van der Waals surface area contributed by atoms with E-state index >= 15 is 0 Å². The second kappa shape index (κ2) is 10.8. The summed E-state index contributed by atoms with van der Waals surface area (Å²) in [6, 6.07) is 14.8. The fourth-order valence-corrected chi connectivity index (χ4v) is 3.64. The van der Waals surface area contributed by atoms with Crippen LogP contribution in [0.1, 0.15) is 29.3 Å². The number of rotatable bonds is 7. The van der Waals surface area contributed by atoms with Crippen LogP contribution >= 0.6 is 0 Å². The minimum atomic E-state index is -0.567. The number of amides is 2. The summed E-state index contributed by atoms with van der Waals surface area (Å²) < 4.78 is 16.4. The first-order chi connectivity index (χ1) is 15.0. The van der Waals surface area contributed by atoms with Crippen molar-refractivity contribution in [3.8, 4) is 11.5 Å². The van der Waals surface area contributed by atoms with Crippen molar-refractivity contribution in [1.82, 2.24) is 9.80 Å². The molecule has 166 valence electrons. The highest BCUT2D eigenvalue weighted by Crippen LogP contribution is 2.20. The Morgan fingerprint density at radius 2 is 1.68 bits per heavy atom. The van der Waals surface area contributed by atoms with Gasteiger partial charge in [-0.15, -0.1) is 0 Å². The number of para-hydroxylation sites is 1. The molecule has 2 aromatic carbocycles. The van der Waals surface area contributed by atoms with Gasteiger partial charge in [0.15, 0.2) is 0 Å². The summed E-state index contributed by atoms with van der Waals surface area (Å²) in [6.45, 7) is 4.25. The van der Waals surface area contributed by atoms with Gasteiger partial charge in [-0.05, 0) is 43.2 Å². The van der Waals surface area contributed by atoms with Gasteiger partial charge in [-0.25, -0.2) is 0 Å². The molecule has 0 saturated carbocycles. The molecule has 2 aromatic rings. The summed E-state index contributed by atoms with van der Waals surface area (Å²) in [6.07, 6.45) is 0.151. The quantitative estimate of drug-likeness (QED) is 0.681. The first-order valence-corrected chi connectivity index (χ1v) is 10.5. The molecule has 1 saturated heterocycles. The first kappa shape index (κ1) is 22.6. The van der Waals surface area contributed by atoms with E-state index in [1.165, 1.54) is 0 Å². The smallest absolute Gasteiger partial charge is 0.257 e. The Bertz CT molecular complexity index is 901. The molecule has 1 fully saturated rings. The SMILES string of the molecule is COc1cccc(COC(C)C(=O)N2CCCN(C(=O)c3ccccc3OC)CC2)c1. The van der Waals surface area contributed by atoms with E-state index in [4.69, 9.17) is 14.2 Å². The van der Waals surface area contributed by atoms with Crippen molar-refractivity contribution in [2.24, 2.45) is 0 Å². The molecule has 2 amide bonds. The molecule has 0 spiro atoms. The predicted molar refractivity (Wildman–Crippen MR) is 117 cm³/mol. The van der Waals surface area contributed by atoms with Crippen LogP contribution < -0.4 is 9.47 Å². The van der Waals surface area contributed by atoms with Gasteiger partial charge in [0.05, 0.1) is 26.4 Å². The summed E-state index contributed by atoms with van der Waals surface area (Å²) in [7, 11) is 3.18. The number of nitrogens with zero attached hydrogens (tertiary/aromatic N) is 2. The highest BCUT2D eigenvalue weighted by Gasteiger charge is 2.27. The highest BCUT2D eigenvalue weighted by atomic mass is 16.5. The maximum Gasteiger partial charge on any atom is 0.257 e. The van der Waals surface area contributed by atoms with Gasteiger partial charge >= 0.3 is 0 Å². The average molecular weight is 427 g/mol. The zero-order valence-electron chi connectivity index (χ0n) is 18.4. The van der Waals surface area contributed by atoms with Crippen molar-refractivity contribution >= 4 is 11.8 Å². The van der Waals surface area contributed by atoms with Crippen molar-refractivity contribution < 1.29 is 23.8 Å². The van der Waals surface area contributed by atoms with E-state index < -0.39 is 6.10 Å². The van der Waals surface area contributed by atoms with Crippen LogP contribution in [0.5, 0.6) is 11.5 Å². The molecule has 3 rings (SSSR count). The molecule has 1 aliphatic rings. The van der Waals surface area contributed by atoms with Crippen LogP contribution in [0.25, 0.3) is 0 Å². The van der Waals surface area contributed by atoms with Crippen LogP contribution in [0, 0.1) is 0 Å². The maximum absolute atomic E-state index is 13.0. The van der Waals surface area contributed by atoms with Gasteiger partial charge < -0.3 is 24.0 Å². The van der Waals surface area contributed by atoms with Gasteiger partial charge in [-0.2, -0.15) is 0 Å². The molecule has 1 heterocycles. The minimum absolute atomic E-state index is 0.0607. The van der Waals surface area contributed by atoms with E-state index in [-0.39, 0.29) is 11.8 Å². The Labute approximate surface area is 183 Å². The monoisotopic (exact) mass is 426 g/mol. The normalized spacial score (nSPS) is 15.2. The molecule has 1 aliphatic heterocycles. The summed E-state index contributed by atoms with van der Waals surface area (Å²) in [5, 5.41) is 0. The van der Waals surface area contributed by atoms with Crippen molar-refractivity contribution in [1.29, 1.82) is 0 Å². The Morgan fingerprint density at radius 3 is 2.45 bits per heavy atom. The standard InChI is InChI=1S/C24H30N2O5/c1-18(31-17-19-8-6-9-20(16-19)29-2)23(27)25-12-7-13-26(15-14-25)24(28)21-10-4-5-11-22(21)30-3/h4-6,8-11,16,18H,7,12-15,17H2,1-3H3. The van der Waals surface area contributed by atoms with Crippen LogP contribution in [0.2, 0.25) is 0 Å². The van der Waals surface area contributed by atoms with Gasteiger partial charge in [0.25, 0.3) is 11.8 Å². The van der Waals surface area contributed by atoms with Gasteiger partial charge in [0.1, 0.15) is 17.6 Å². The van der Waals surface area contributed by atoms with E-state index in [2.05, 4.69) is 0 Å². The van der Waals surface area contributed by atoms with Gasteiger partial charge in [0, 0.05) is 26.2 Å². The van der Waals surface area contributed by atoms with Gasteiger partial charge in [-0.3, -0.25) is 9.59 Å². The Kier molecular flexibility index (Phi) is 7.89. The van der Waals surface area contributed by atoms with Crippen LogP contribution in [0.15, 0.2) is 48.5 Å². The third-order valence-electron chi connectivity index (χ3n) is 5.41. The van der Waals surface area contributed by atoms with Crippen molar-refractivity contribution in [2.45, 2.75) is 26.1 Å². The van der Waals surface area contributed by atoms with Crippen molar-refractivity contribution in [3.05, 3.63) is 59.7 Å². The van der Waals surface area contributed by atoms with Crippen LogP contribution in [-0.2, 0) is 16.1 Å². The number of carbonyl (C=O) groups excluding carboxylic acids is 2. The molecule has 0 aromatic heterocycles. The number of ether oxygens (including phenoxy) is 3. The number of hydrogen-bond acceptors (Lipinski definition) is 5. The van der Waals surface area contributed by atoms with Crippen LogP contribution in [0.4, 0.5) is 0 Å². The summed E-state index contributed by atoms with van der Waals surface area (Å²) in [5.41, 5.74) is 1.49. The molecule has 7 nitrogen and oxygen atoms in total. The van der Waals surface area contributed by atoms with Crippen LogP contribution in [0.3, 0.4) is 0 Å². The molecular weight excluding hydrogens is 396 g/mol. The molecule has 0 N–H and O–H groups in total. The number of methoxy groups -OCH3 is 2. The third-order valence-corrected chi connectivity index (χ3v) is 5.41. The molecule has 1 atom stereocenters. The minimum Gasteiger partial charge on any atom is -0.497 e. The van der Waals surface area contributed by atoms with Gasteiger partial charge in [0.2, 0.25) is 0 Å². The van der Waals surface area contributed by atoms with Gasteiger partial charge in [-0.1, -0.05) is 24.3 Å². The lowest BCUT2D eigenvalue weighted by atomic mass is 10.1. The van der Waals surface area contributed by atoms with Crippen molar-refractivity contribution in [3.63, 3.8) is 0 Å². The van der Waals surface area contributed by atoms with Crippen LogP contribution in [-0.4, -0.2) is 68.1 Å². The number of benzene rings is 2. The highest BCUT2D eigenvalue weighted by molar-refractivity contribution is 5.97. The molecule has 0 aliphatic carbocycles. The lowest BCUT2D eigenvalue weighted by Crippen LogP contribution is -2.42. The zero-order chi connectivity index (χ0) is 22.2. The molecule has 0 bridgehead atoms. The van der Waals surface area contributed by atoms with E-state index in [0.717, 1.165) is 17.7 Å². The maximum atomic E-state index is 13.0. The number of carbonyl (C=O) groups is 2. The topological polar surface area (TPSA) is 68.3 Å². The fraction of sp³-hybridized carbons (Fsp3) is 0.417. The lowest BCUT2D eigenvalue weighted by Gasteiger charge is -2.25. The predicted octanol–water partition coefficient (Wildman–Crippen LogP) is 2.98. The van der Waals surface area contributed by atoms with Crippen molar-refractivity contribution in [2.75, 3.05) is 40.4 Å². The average Bonchev–Trinajstić information content (AvgIpc) is 3.08. The third kappa shape index (κ3) is 5.76. The summed E-state index contributed by atoms with van der Waals surface area (Å²) in [4.78, 5) is 29.4. The Hall–Kier alpha value is -3.06. The van der Waals surface area contributed by atoms with E-state index in [0.29, 0.717) is 44.1 Å².